The van der Waals surface area contributed by atoms with E-state index >= 15 is 0 Å². The van der Waals surface area contributed by atoms with E-state index in [4.69, 9.17) is 0 Å². The molecule has 18 heavy (non-hydrogen) atoms. The zero-order valence-corrected chi connectivity index (χ0v) is 11.8. The van der Waals surface area contributed by atoms with Crippen LogP contribution in [0.15, 0.2) is 22.9 Å². The third kappa shape index (κ3) is 2.69. The van der Waals surface area contributed by atoms with Crippen molar-refractivity contribution in [1.29, 1.82) is 0 Å². The summed E-state index contributed by atoms with van der Waals surface area (Å²) in [5, 5.41) is 2.68. The molecule has 2 heterocycles. The molecule has 1 aliphatic rings. The number of carbonyl (C=O) groups excluding carboxylic acids is 2. The third-order valence-corrected chi connectivity index (χ3v) is 3.18. The van der Waals surface area contributed by atoms with E-state index in [9.17, 15) is 9.59 Å². The van der Waals surface area contributed by atoms with E-state index in [0.29, 0.717) is 6.54 Å². The first kappa shape index (κ1) is 13.0. The number of amides is 2. The number of piperazine rings is 1. The smallest absolute Gasteiger partial charge is 0.248 e. The molecule has 0 unspecified atom stereocenters. The normalized spacial score (nSPS) is 18.7. The maximum atomic E-state index is 12.2. The second kappa shape index (κ2) is 4.68. The van der Waals surface area contributed by atoms with Crippen molar-refractivity contribution in [2.75, 3.05) is 6.54 Å². The van der Waals surface area contributed by atoms with E-state index in [-0.39, 0.29) is 18.4 Å². The van der Waals surface area contributed by atoms with Gasteiger partial charge in [-0.25, -0.2) is 0 Å². The lowest BCUT2D eigenvalue weighted by atomic mass is 10.00. The first-order chi connectivity index (χ1) is 8.38. The highest BCUT2D eigenvalue weighted by atomic mass is 79.9. The van der Waals surface area contributed by atoms with Crippen molar-refractivity contribution in [3.05, 3.63) is 28.5 Å². The zero-order chi connectivity index (χ0) is 13.3. The molecule has 0 spiro atoms. The van der Waals surface area contributed by atoms with Crippen molar-refractivity contribution in [3.63, 3.8) is 0 Å². The summed E-state index contributed by atoms with van der Waals surface area (Å²) in [6.07, 6.45) is 3.37. The van der Waals surface area contributed by atoms with Gasteiger partial charge in [0.15, 0.2) is 0 Å². The SMILES string of the molecule is CC1(C)NC(=O)CN(Cc2cncc(Br)c2)C1=O. The molecule has 1 N–H and O–H groups in total. The molecule has 0 bridgehead atoms. The van der Waals surface area contributed by atoms with Crippen molar-refractivity contribution in [3.8, 4) is 0 Å². The number of hydrogen-bond donors (Lipinski definition) is 1. The summed E-state index contributed by atoms with van der Waals surface area (Å²) in [5.41, 5.74) is 0.0534. The number of aromatic nitrogens is 1. The Labute approximate surface area is 114 Å². The van der Waals surface area contributed by atoms with Gasteiger partial charge in [-0.1, -0.05) is 0 Å². The molecule has 0 radical (unpaired) electrons. The number of pyridine rings is 1. The molecule has 0 aromatic carbocycles. The van der Waals surface area contributed by atoms with Crippen molar-refractivity contribution >= 4 is 27.7 Å². The standard InChI is InChI=1S/C12H14BrN3O2/c1-12(2)11(18)16(7-10(17)15-12)6-8-3-9(13)5-14-4-8/h3-5H,6-7H2,1-2H3,(H,15,17). The zero-order valence-electron chi connectivity index (χ0n) is 10.2. The average Bonchev–Trinajstić information content (AvgIpc) is 2.24. The van der Waals surface area contributed by atoms with Crippen LogP contribution in [0.4, 0.5) is 0 Å². The molecule has 1 aromatic rings. The number of hydrogen-bond acceptors (Lipinski definition) is 3. The van der Waals surface area contributed by atoms with Crippen molar-refractivity contribution in [2.45, 2.75) is 25.9 Å². The van der Waals surface area contributed by atoms with Crippen LogP contribution in [0.5, 0.6) is 0 Å². The van der Waals surface area contributed by atoms with E-state index in [0.717, 1.165) is 10.0 Å². The number of nitrogens with zero attached hydrogens (tertiary/aromatic N) is 2. The van der Waals surface area contributed by atoms with Crippen LogP contribution in [0.3, 0.4) is 0 Å². The van der Waals surface area contributed by atoms with Crippen LogP contribution < -0.4 is 5.32 Å². The quantitative estimate of drug-likeness (QED) is 0.889. The largest absolute Gasteiger partial charge is 0.341 e. The maximum absolute atomic E-state index is 12.2. The fourth-order valence-corrected chi connectivity index (χ4v) is 2.38. The Bertz CT molecular complexity index is 502. The number of rotatable bonds is 2. The first-order valence-electron chi connectivity index (χ1n) is 5.58. The topological polar surface area (TPSA) is 62.3 Å². The van der Waals surface area contributed by atoms with E-state index in [2.05, 4.69) is 26.2 Å². The van der Waals surface area contributed by atoms with Crippen LogP contribution in [0.25, 0.3) is 0 Å². The maximum Gasteiger partial charge on any atom is 0.248 e. The highest BCUT2D eigenvalue weighted by Gasteiger charge is 2.38. The second-order valence-corrected chi connectivity index (χ2v) is 5.76. The first-order valence-corrected chi connectivity index (χ1v) is 6.37. The summed E-state index contributed by atoms with van der Waals surface area (Å²) < 4.78 is 0.855. The van der Waals surface area contributed by atoms with Crippen LogP contribution >= 0.6 is 15.9 Å². The Hall–Kier alpha value is -1.43. The molecule has 1 fully saturated rings. The molecule has 1 saturated heterocycles. The van der Waals surface area contributed by atoms with Gasteiger partial charge in [-0.3, -0.25) is 14.6 Å². The van der Waals surface area contributed by atoms with Crippen LogP contribution in [0.2, 0.25) is 0 Å². The van der Waals surface area contributed by atoms with Gasteiger partial charge in [0.2, 0.25) is 11.8 Å². The van der Waals surface area contributed by atoms with Crippen molar-refractivity contribution in [1.82, 2.24) is 15.2 Å². The predicted octanol–water partition coefficient (Wildman–Crippen LogP) is 1.08. The lowest BCUT2D eigenvalue weighted by molar-refractivity contribution is -0.148. The molecule has 0 saturated carbocycles. The molecular weight excluding hydrogens is 298 g/mol. The fraction of sp³-hybridized carbons (Fsp3) is 0.417. The molecule has 0 aliphatic carbocycles. The second-order valence-electron chi connectivity index (χ2n) is 4.85. The minimum absolute atomic E-state index is 0.0814. The number of nitrogens with one attached hydrogen (secondary N) is 1. The summed E-state index contributed by atoms with van der Waals surface area (Å²) in [5.74, 6) is -0.218. The summed E-state index contributed by atoms with van der Waals surface area (Å²) in [7, 11) is 0. The van der Waals surface area contributed by atoms with Crippen LogP contribution in [0, 0.1) is 0 Å². The lowest BCUT2D eigenvalue weighted by Gasteiger charge is -2.37. The lowest BCUT2D eigenvalue weighted by Crippen LogP contribution is -2.63. The Morgan fingerprint density at radius 2 is 2.17 bits per heavy atom. The van der Waals surface area contributed by atoms with Crippen molar-refractivity contribution < 1.29 is 9.59 Å². The van der Waals surface area contributed by atoms with Gasteiger partial charge in [0.05, 0.1) is 6.54 Å². The molecule has 0 atom stereocenters. The molecule has 6 heteroatoms. The van der Waals surface area contributed by atoms with E-state index < -0.39 is 5.54 Å². The number of halogens is 1. The Balaban J connectivity index is 2.18. The Morgan fingerprint density at radius 3 is 2.83 bits per heavy atom. The third-order valence-electron chi connectivity index (χ3n) is 2.74. The summed E-state index contributed by atoms with van der Waals surface area (Å²) >= 11 is 3.33. The average molecular weight is 312 g/mol. The van der Waals surface area contributed by atoms with Gasteiger partial charge in [-0.15, -0.1) is 0 Å². The summed E-state index contributed by atoms with van der Waals surface area (Å²) in [6.45, 7) is 3.90. The van der Waals surface area contributed by atoms with Crippen molar-refractivity contribution in [2.24, 2.45) is 0 Å². The molecule has 2 rings (SSSR count). The van der Waals surface area contributed by atoms with Crippen LogP contribution in [0.1, 0.15) is 19.4 Å². The van der Waals surface area contributed by atoms with E-state index in [1.54, 1.807) is 31.1 Å². The van der Waals surface area contributed by atoms with Gasteiger partial charge in [0, 0.05) is 23.4 Å². The van der Waals surface area contributed by atoms with Gasteiger partial charge in [-0.05, 0) is 41.4 Å². The van der Waals surface area contributed by atoms with Crippen LogP contribution in [-0.4, -0.2) is 33.8 Å². The highest BCUT2D eigenvalue weighted by Crippen LogP contribution is 2.17. The Kier molecular flexibility index (Phi) is 3.38. The molecule has 96 valence electrons. The molecule has 2 amide bonds. The summed E-state index contributed by atoms with van der Waals surface area (Å²) in [4.78, 5) is 29.3. The van der Waals surface area contributed by atoms with Gasteiger partial charge in [0.25, 0.3) is 0 Å². The minimum atomic E-state index is -0.839. The summed E-state index contributed by atoms with van der Waals surface area (Å²) in [6, 6.07) is 1.89. The monoisotopic (exact) mass is 311 g/mol. The van der Waals surface area contributed by atoms with E-state index in [1.165, 1.54) is 0 Å². The van der Waals surface area contributed by atoms with Gasteiger partial charge >= 0.3 is 0 Å². The van der Waals surface area contributed by atoms with Gasteiger partial charge < -0.3 is 10.2 Å². The molecule has 1 aromatic heterocycles. The van der Waals surface area contributed by atoms with Gasteiger partial charge in [-0.2, -0.15) is 0 Å². The van der Waals surface area contributed by atoms with E-state index in [1.807, 2.05) is 6.07 Å². The predicted molar refractivity (Wildman–Crippen MR) is 69.6 cm³/mol. The minimum Gasteiger partial charge on any atom is -0.341 e. The molecule has 1 aliphatic heterocycles. The van der Waals surface area contributed by atoms with Crippen LogP contribution in [-0.2, 0) is 16.1 Å². The highest BCUT2D eigenvalue weighted by molar-refractivity contribution is 9.10. The Morgan fingerprint density at radius 1 is 1.44 bits per heavy atom. The van der Waals surface area contributed by atoms with Gasteiger partial charge in [0.1, 0.15) is 5.54 Å². The molecule has 5 nitrogen and oxygen atoms in total. The number of carbonyl (C=O) groups is 2. The molecular formula is C12H14BrN3O2. The fourth-order valence-electron chi connectivity index (χ4n) is 1.97.